The molecule has 1 aromatic carbocycles. The Morgan fingerprint density at radius 3 is 2.87 bits per heavy atom. The Labute approximate surface area is 90.8 Å². The molecular formula is C13H17NO. The summed E-state index contributed by atoms with van der Waals surface area (Å²) in [4.78, 5) is 11.7. The Hall–Kier alpha value is -1.57. The van der Waals surface area contributed by atoms with E-state index in [0.717, 1.165) is 18.4 Å². The molecule has 0 aliphatic carbocycles. The van der Waals surface area contributed by atoms with E-state index in [1.807, 2.05) is 25.1 Å². The van der Waals surface area contributed by atoms with Crippen molar-refractivity contribution in [1.29, 1.82) is 0 Å². The van der Waals surface area contributed by atoms with E-state index in [1.165, 1.54) is 0 Å². The predicted molar refractivity (Wildman–Crippen MR) is 64.0 cm³/mol. The zero-order valence-electron chi connectivity index (χ0n) is 9.12. The lowest BCUT2D eigenvalue weighted by Crippen LogP contribution is -2.00. The maximum Gasteiger partial charge on any atom is 0.162 e. The fraction of sp³-hybridized carbons (Fsp3) is 0.308. The molecule has 0 heterocycles. The van der Waals surface area contributed by atoms with Crippen molar-refractivity contribution in [3.05, 3.63) is 42.0 Å². The molecule has 0 aliphatic rings. The van der Waals surface area contributed by atoms with Crippen molar-refractivity contribution in [1.82, 2.24) is 0 Å². The predicted octanol–water partition coefficient (Wildman–Crippen LogP) is 3.12. The number of Topliss-reactive ketones (excluding diaryl/α,β-unsaturated/α-hetero) is 1. The normalized spacial score (nSPS) is 9.93. The Bertz CT molecular complexity index is 369. The molecule has 0 aromatic heterocycles. The molecule has 0 bridgehead atoms. The van der Waals surface area contributed by atoms with Crippen LogP contribution in [0.25, 0.3) is 0 Å². The SMILES string of the molecule is C=CCCCC(=O)c1ccc(C)c(N)c1. The van der Waals surface area contributed by atoms with Crippen LogP contribution in [-0.4, -0.2) is 5.78 Å². The quantitative estimate of drug-likeness (QED) is 0.346. The third-order valence-corrected chi connectivity index (χ3v) is 2.41. The van der Waals surface area contributed by atoms with Crippen LogP contribution in [0.2, 0.25) is 0 Å². The van der Waals surface area contributed by atoms with Crippen LogP contribution >= 0.6 is 0 Å². The molecule has 0 amide bonds. The zero-order valence-corrected chi connectivity index (χ0v) is 9.12. The van der Waals surface area contributed by atoms with Crippen molar-refractivity contribution >= 4 is 11.5 Å². The van der Waals surface area contributed by atoms with E-state index in [4.69, 9.17) is 5.73 Å². The van der Waals surface area contributed by atoms with Crippen molar-refractivity contribution in [3.8, 4) is 0 Å². The van der Waals surface area contributed by atoms with Gasteiger partial charge in [-0.1, -0.05) is 18.2 Å². The maximum atomic E-state index is 11.7. The largest absolute Gasteiger partial charge is 0.398 e. The van der Waals surface area contributed by atoms with Crippen LogP contribution in [0.5, 0.6) is 0 Å². The number of carbonyl (C=O) groups excluding carboxylic acids is 1. The minimum atomic E-state index is 0.156. The topological polar surface area (TPSA) is 43.1 Å². The van der Waals surface area contributed by atoms with Gasteiger partial charge in [-0.2, -0.15) is 0 Å². The van der Waals surface area contributed by atoms with Gasteiger partial charge in [-0.25, -0.2) is 0 Å². The minimum Gasteiger partial charge on any atom is -0.398 e. The molecule has 1 rings (SSSR count). The Morgan fingerprint density at radius 2 is 2.27 bits per heavy atom. The van der Waals surface area contributed by atoms with E-state index < -0.39 is 0 Å². The molecule has 80 valence electrons. The highest BCUT2D eigenvalue weighted by Gasteiger charge is 2.06. The highest BCUT2D eigenvalue weighted by molar-refractivity contribution is 5.96. The Morgan fingerprint density at radius 1 is 1.53 bits per heavy atom. The molecule has 0 saturated carbocycles. The smallest absolute Gasteiger partial charge is 0.162 e. The molecular weight excluding hydrogens is 186 g/mol. The summed E-state index contributed by atoms with van der Waals surface area (Å²) in [6.45, 7) is 5.56. The van der Waals surface area contributed by atoms with Crippen LogP contribution < -0.4 is 5.73 Å². The molecule has 1 aromatic rings. The van der Waals surface area contributed by atoms with Crippen molar-refractivity contribution in [2.24, 2.45) is 0 Å². The van der Waals surface area contributed by atoms with Crippen LogP contribution in [0.4, 0.5) is 5.69 Å². The third kappa shape index (κ3) is 3.24. The van der Waals surface area contributed by atoms with E-state index in [9.17, 15) is 4.79 Å². The summed E-state index contributed by atoms with van der Waals surface area (Å²) >= 11 is 0. The number of allylic oxidation sites excluding steroid dienone is 1. The number of carbonyl (C=O) groups is 1. The summed E-state index contributed by atoms with van der Waals surface area (Å²) in [6, 6.07) is 5.48. The summed E-state index contributed by atoms with van der Waals surface area (Å²) in [6.07, 6.45) is 4.13. The molecule has 0 fully saturated rings. The van der Waals surface area contributed by atoms with E-state index >= 15 is 0 Å². The number of ketones is 1. The number of nitrogens with two attached hydrogens (primary N) is 1. The zero-order chi connectivity index (χ0) is 11.3. The first kappa shape index (κ1) is 11.5. The van der Waals surface area contributed by atoms with Gasteiger partial charge < -0.3 is 5.73 Å². The minimum absolute atomic E-state index is 0.156. The molecule has 0 aliphatic heterocycles. The first-order valence-corrected chi connectivity index (χ1v) is 5.15. The van der Waals surface area contributed by atoms with Gasteiger partial charge in [0.25, 0.3) is 0 Å². The van der Waals surface area contributed by atoms with Gasteiger partial charge in [-0.05, 0) is 31.4 Å². The number of anilines is 1. The van der Waals surface area contributed by atoms with Gasteiger partial charge in [0, 0.05) is 17.7 Å². The van der Waals surface area contributed by atoms with Gasteiger partial charge in [0.05, 0.1) is 0 Å². The number of nitrogen functional groups attached to an aromatic ring is 1. The van der Waals surface area contributed by atoms with E-state index in [1.54, 1.807) is 6.07 Å². The third-order valence-electron chi connectivity index (χ3n) is 2.41. The van der Waals surface area contributed by atoms with Gasteiger partial charge in [0.15, 0.2) is 5.78 Å². The highest BCUT2D eigenvalue weighted by Crippen LogP contribution is 2.15. The first-order valence-electron chi connectivity index (χ1n) is 5.15. The molecule has 2 nitrogen and oxygen atoms in total. The van der Waals surface area contributed by atoms with Gasteiger partial charge in [0.1, 0.15) is 0 Å². The molecule has 0 unspecified atom stereocenters. The van der Waals surface area contributed by atoms with Crippen molar-refractivity contribution < 1.29 is 4.79 Å². The van der Waals surface area contributed by atoms with Crippen LogP contribution in [0.1, 0.15) is 35.2 Å². The number of benzene rings is 1. The number of hydrogen-bond acceptors (Lipinski definition) is 2. The average Bonchev–Trinajstić information content (AvgIpc) is 2.22. The summed E-state index contributed by atoms with van der Waals surface area (Å²) in [5.41, 5.74) is 8.15. The summed E-state index contributed by atoms with van der Waals surface area (Å²) < 4.78 is 0. The number of rotatable bonds is 5. The van der Waals surface area contributed by atoms with Crippen LogP contribution in [-0.2, 0) is 0 Å². The fourth-order valence-electron chi connectivity index (χ4n) is 1.37. The second-order valence-corrected chi connectivity index (χ2v) is 3.68. The van der Waals surface area contributed by atoms with Crippen molar-refractivity contribution in [3.63, 3.8) is 0 Å². The van der Waals surface area contributed by atoms with E-state index in [-0.39, 0.29) is 5.78 Å². The van der Waals surface area contributed by atoms with Crippen LogP contribution in [0.15, 0.2) is 30.9 Å². The molecule has 0 atom stereocenters. The fourth-order valence-corrected chi connectivity index (χ4v) is 1.37. The van der Waals surface area contributed by atoms with Crippen molar-refractivity contribution in [2.75, 3.05) is 5.73 Å². The lowest BCUT2D eigenvalue weighted by molar-refractivity contribution is 0.0980. The van der Waals surface area contributed by atoms with Gasteiger partial charge in [-0.15, -0.1) is 6.58 Å². The van der Waals surface area contributed by atoms with E-state index in [0.29, 0.717) is 17.7 Å². The summed E-state index contributed by atoms with van der Waals surface area (Å²) in [7, 11) is 0. The van der Waals surface area contributed by atoms with Gasteiger partial charge in [-0.3, -0.25) is 4.79 Å². The van der Waals surface area contributed by atoms with Crippen LogP contribution in [0, 0.1) is 6.92 Å². The number of hydrogen-bond donors (Lipinski definition) is 1. The molecule has 15 heavy (non-hydrogen) atoms. The number of unbranched alkanes of at least 4 members (excludes halogenated alkanes) is 1. The molecule has 2 heteroatoms. The molecule has 0 saturated heterocycles. The second kappa shape index (κ2) is 5.35. The maximum absolute atomic E-state index is 11.7. The molecule has 2 N–H and O–H groups in total. The highest BCUT2D eigenvalue weighted by atomic mass is 16.1. The standard InChI is InChI=1S/C13H17NO/c1-3-4-5-6-13(15)11-8-7-10(2)12(14)9-11/h3,7-9H,1,4-6,14H2,2H3. The van der Waals surface area contributed by atoms with Crippen LogP contribution in [0.3, 0.4) is 0 Å². The summed E-state index contributed by atoms with van der Waals surface area (Å²) in [5.74, 6) is 0.156. The molecule has 0 spiro atoms. The Balaban J connectivity index is 2.65. The van der Waals surface area contributed by atoms with E-state index in [2.05, 4.69) is 6.58 Å². The van der Waals surface area contributed by atoms with Gasteiger partial charge in [0.2, 0.25) is 0 Å². The number of aryl methyl sites for hydroxylation is 1. The van der Waals surface area contributed by atoms with Gasteiger partial charge >= 0.3 is 0 Å². The Kier molecular flexibility index (Phi) is 4.10. The first-order chi connectivity index (χ1) is 7.15. The van der Waals surface area contributed by atoms with Crippen molar-refractivity contribution in [2.45, 2.75) is 26.2 Å². The monoisotopic (exact) mass is 203 g/mol. The lowest BCUT2D eigenvalue weighted by atomic mass is 10.0. The lowest BCUT2D eigenvalue weighted by Gasteiger charge is -2.03. The summed E-state index contributed by atoms with van der Waals surface area (Å²) in [5, 5.41) is 0. The average molecular weight is 203 g/mol. The molecule has 0 radical (unpaired) electrons. The second-order valence-electron chi connectivity index (χ2n) is 3.68.